The molecule has 0 aliphatic carbocycles. The van der Waals surface area contributed by atoms with Gasteiger partial charge in [-0.1, -0.05) is 16.7 Å². The van der Waals surface area contributed by atoms with Crippen LogP contribution >= 0.6 is 0 Å². The maximum atomic E-state index is 10.1. The van der Waals surface area contributed by atoms with Crippen molar-refractivity contribution >= 4 is 0 Å². The van der Waals surface area contributed by atoms with Gasteiger partial charge >= 0.3 is 0 Å². The van der Waals surface area contributed by atoms with E-state index in [1.165, 1.54) is 6.20 Å². The van der Waals surface area contributed by atoms with Crippen molar-refractivity contribution in [3.8, 4) is 0 Å². The zero-order chi connectivity index (χ0) is 7.56. The van der Waals surface area contributed by atoms with Crippen LogP contribution in [-0.4, -0.2) is 16.6 Å². The highest BCUT2D eigenvalue weighted by Gasteiger charge is 2.10. The summed E-state index contributed by atoms with van der Waals surface area (Å²) in [5.41, 5.74) is 1.07. The topological polar surface area (TPSA) is 46.4 Å². The summed E-state index contributed by atoms with van der Waals surface area (Å²) in [7, 11) is 0. The fourth-order valence-corrected chi connectivity index (χ4v) is 0.691. The first kappa shape index (κ1) is 6.80. The molecule has 0 saturated heterocycles. The van der Waals surface area contributed by atoms with E-state index in [0.717, 1.165) is 10.6 Å². The number of hydrogen-bond donors (Lipinski definition) is 0. The van der Waals surface area contributed by atoms with Gasteiger partial charge < -0.3 is 0 Å². The third-order valence-corrected chi connectivity index (χ3v) is 1.32. The molecule has 0 amide bonds. The SMILES string of the molecule is CC1=CCN([N+](=O)[O-])C=C1. The number of hydrogen-bond acceptors (Lipinski definition) is 2. The second kappa shape index (κ2) is 2.51. The molecule has 1 heterocycles. The second-order valence-electron chi connectivity index (χ2n) is 2.12. The maximum absolute atomic E-state index is 10.1. The van der Waals surface area contributed by atoms with E-state index in [9.17, 15) is 10.1 Å². The van der Waals surface area contributed by atoms with Gasteiger partial charge in [0.25, 0.3) is 0 Å². The third kappa shape index (κ3) is 1.34. The fourth-order valence-electron chi connectivity index (χ4n) is 0.691. The maximum Gasteiger partial charge on any atom is 0.164 e. The molecule has 0 spiro atoms. The molecule has 0 aromatic carbocycles. The van der Waals surface area contributed by atoms with E-state index in [-0.39, 0.29) is 0 Å². The van der Waals surface area contributed by atoms with Gasteiger partial charge in [0.15, 0.2) is 5.03 Å². The molecule has 0 aromatic heterocycles. The van der Waals surface area contributed by atoms with Crippen LogP contribution in [0.25, 0.3) is 0 Å². The van der Waals surface area contributed by atoms with Gasteiger partial charge in [-0.05, 0) is 13.0 Å². The predicted octanol–water partition coefficient (Wildman–Crippen LogP) is 0.954. The molecule has 1 rings (SSSR count). The first-order valence-corrected chi connectivity index (χ1v) is 2.96. The van der Waals surface area contributed by atoms with Gasteiger partial charge in [0.2, 0.25) is 0 Å². The molecule has 0 fully saturated rings. The van der Waals surface area contributed by atoms with Gasteiger partial charge in [-0.3, -0.25) is 0 Å². The Bertz CT molecular complexity index is 208. The number of nitrogens with zero attached hydrogens (tertiary/aromatic N) is 2. The van der Waals surface area contributed by atoms with E-state index < -0.39 is 5.03 Å². The summed E-state index contributed by atoms with van der Waals surface area (Å²) in [6, 6.07) is 0. The van der Waals surface area contributed by atoms with Gasteiger partial charge in [0.05, 0.1) is 6.20 Å². The lowest BCUT2D eigenvalue weighted by molar-refractivity contribution is -0.637. The van der Waals surface area contributed by atoms with E-state index in [4.69, 9.17) is 0 Å². The molecule has 0 aromatic rings. The normalized spacial score (nSPS) is 16.9. The summed E-state index contributed by atoms with van der Waals surface area (Å²) in [6.07, 6.45) is 4.99. The van der Waals surface area contributed by atoms with Gasteiger partial charge in [0, 0.05) is 0 Å². The van der Waals surface area contributed by atoms with E-state index >= 15 is 0 Å². The minimum Gasteiger partial charge on any atom is -0.234 e. The fraction of sp³-hybridized carbons (Fsp3) is 0.333. The Labute approximate surface area is 58.6 Å². The number of nitro groups is 1. The Morgan fingerprint density at radius 1 is 1.80 bits per heavy atom. The Morgan fingerprint density at radius 3 is 2.90 bits per heavy atom. The van der Waals surface area contributed by atoms with Gasteiger partial charge in [-0.15, -0.1) is 0 Å². The molecule has 0 saturated carbocycles. The highest BCUT2D eigenvalue weighted by molar-refractivity contribution is 5.18. The molecule has 54 valence electrons. The standard InChI is InChI=1S/C6H8N2O2/c1-6-2-4-7(5-3-6)8(9)10/h2-4H,5H2,1H3. The van der Waals surface area contributed by atoms with Crippen LogP contribution in [0.1, 0.15) is 6.92 Å². The van der Waals surface area contributed by atoms with Crippen LogP contribution in [0.2, 0.25) is 0 Å². The average Bonchev–Trinajstić information content (AvgIpc) is 1.88. The van der Waals surface area contributed by atoms with Crippen molar-refractivity contribution in [1.29, 1.82) is 0 Å². The number of rotatable bonds is 1. The highest BCUT2D eigenvalue weighted by Crippen LogP contribution is 2.04. The Hall–Kier alpha value is -1.32. The van der Waals surface area contributed by atoms with Crippen molar-refractivity contribution in [2.75, 3.05) is 6.54 Å². The molecule has 0 bridgehead atoms. The first-order chi connectivity index (χ1) is 4.70. The summed E-state index contributed by atoms with van der Waals surface area (Å²) in [4.78, 5) is 10.1. The molecule has 4 heteroatoms. The summed E-state index contributed by atoms with van der Waals surface area (Å²) >= 11 is 0. The number of hydrazine groups is 1. The van der Waals surface area contributed by atoms with Crippen LogP contribution in [0.4, 0.5) is 0 Å². The lowest BCUT2D eigenvalue weighted by Crippen LogP contribution is -2.25. The van der Waals surface area contributed by atoms with E-state index in [0.29, 0.717) is 6.54 Å². The third-order valence-electron chi connectivity index (χ3n) is 1.32. The Kier molecular flexibility index (Phi) is 1.71. The molecule has 4 nitrogen and oxygen atoms in total. The van der Waals surface area contributed by atoms with E-state index in [1.54, 1.807) is 6.08 Å². The van der Waals surface area contributed by atoms with Crippen LogP contribution in [0.3, 0.4) is 0 Å². The van der Waals surface area contributed by atoms with Gasteiger partial charge in [-0.25, -0.2) is 10.1 Å². The molecule has 1 aliphatic rings. The molecule has 1 aliphatic heterocycles. The van der Waals surface area contributed by atoms with Crippen LogP contribution in [0, 0.1) is 10.1 Å². The van der Waals surface area contributed by atoms with Crippen LogP contribution in [-0.2, 0) is 0 Å². The highest BCUT2D eigenvalue weighted by atomic mass is 16.7. The Balaban J connectivity index is 2.60. The van der Waals surface area contributed by atoms with Crippen molar-refractivity contribution < 1.29 is 5.03 Å². The minimum absolute atomic E-state index is 0.370. The summed E-state index contributed by atoms with van der Waals surface area (Å²) in [5, 5.41) is 10.7. The number of allylic oxidation sites excluding steroid dienone is 2. The van der Waals surface area contributed by atoms with Crippen molar-refractivity contribution in [1.82, 2.24) is 5.01 Å². The molecule has 0 radical (unpaired) electrons. The molecule has 10 heavy (non-hydrogen) atoms. The quantitative estimate of drug-likeness (QED) is 0.402. The lowest BCUT2D eigenvalue weighted by atomic mass is 10.2. The van der Waals surface area contributed by atoms with Crippen molar-refractivity contribution in [2.45, 2.75) is 6.92 Å². The van der Waals surface area contributed by atoms with Crippen LogP contribution in [0.5, 0.6) is 0 Å². The van der Waals surface area contributed by atoms with Crippen LogP contribution in [0.15, 0.2) is 23.9 Å². The van der Waals surface area contributed by atoms with Crippen molar-refractivity contribution in [3.05, 3.63) is 34.0 Å². The lowest BCUT2D eigenvalue weighted by Gasteiger charge is -2.10. The molecular formula is C6H8N2O2. The zero-order valence-corrected chi connectivity index (χ0v) is 5.65. The smallest absolute Gasteiger partial charge is 0.164 e. The summed E-state index contributed by atoms with van der Waals surface area (Å²) < 4.78 is 0. The summed E-state index contributed by atoms with van der Waals surface area (Å²) in [5.74, 6) is 0. The van der Waals surface area contributed by atoms with E-state index in [1.807, 2.05) is 13.0 Å². The average molecular weight is 140 g/mol. The zero-order valence-electron chi connectivity index (χ0n) is 5.65. The Morgan fingerprint density at radius 2 is 2.50 bits per heavy atom. The van der Waals surface area contributed by atoms with Gasteiger partial charge in [0.1, 0.15) is 6.54 Å². The molecule has 0 N–H and O–H groups in total. The van der Waals surface area contributed by atoms with Gasteiger partial charge in [-0.2, -0.15) is 0 Å². The van der Waals surface area contributed by atoms with Crippen LogP contribution < -0.4 is 0 Å². The molecule has 0 unspecified atom stereocenters. The minimum atomic E-state index is -0.431. The molecular weight excluding hydrogens is 132 g/mol. The molecule has 0 atom stereocenters. The second-order valence-corrected chi connectivity index (χ2v) is 2.12. The first-order valence-electron chi connectivity index (χ1n) is 2.96. The van der Waals surface area contributed by atoms with Crippen molar-refractivity contribution in [2.24, 2.45) is 0 Å². The summed E-state index contributed by atoms with van der Waals surface area (Å²) in [6.45, 7) is 2.28. The monoisotopic (exact) mass is 140 g/mol. The largest absolute Gasteiger partial charge is 0.234 e. The van der Waals surface area contributed by atoms with E-state index in [2.05, 4.69) is 0 Å². The predicted molar refractivity (Wildman–Crippen MR) is 36.6 cm³/mol. The van der Waals surface area contributed by atoms with Crippen molar-refractivity contribution in [3.63, 3.8) is 0 Å².